The van der Waals surface area contributed by atoms with E-state index in [1.54, 1.807) is 19.1 Å². The second-order valence-corrected chi connectivity index (χ2v) is 5.03. The summed E-state index contributed by atoms with van der Waals surface area (Å²) >= 11 is 0. The zero-order chi connectivity index (χ0) is 15.0. The highest BCUT2D eigenvalue weighted by Crippen LogP contribution is 2.35. The van der Waals surface area contributed by atoms with Gasteiger partial charge in [-0.3, -0.25) is 4.79 Å². The molecule has 3 aromatic rings. The number of halogens is 1. The summed E-state index contributed by atoms with van der Waals surface area (Å²) in [5.41, 5.74) is 3.10. The van der Waals surface area contributed by atoms with E-state index >= 15 is 0 Å². The van der Waals surface area contributed by atoms with E-state index in [1.807, 2.05) is 24.3 Å². The minimum atomic E-state index is -0.886. The summed E-state index contributed by atoms with van der Waals surface area (Å²) in [6, 6.07) is 13.6. The molecule has 0 saturated carbocycles. The maximum absolute atomic E-state index is 13.1. The number of aromatic nitrogens is 1. The molecule has 1 atom stereocenters. The van der Waals surface area contributed by atoms with Crippen LogP contribution in [0.25, 0.3) is 22.2 Å². The molecule has 2 aromatic carbocycles. The lowest BCUT2D eigenvalue weighted by Crippen LogP contribution is -2.08. The van der Waals surface area contributed by atoms with E-state index in [4.69, 9.17) is 0 Å². The number of rotatable bonds is 3. The van der Waals surface area contributed by atoms with Gasteiger partial charge in [-0.05, 0) is 48.4 Å². The molecule has 0 bridgehead atoms. The van der Waals surface area contributed by atoms with Crippen molar-refractivity contribution in [3.8, 4) is 11.3 Å². The number of carboxylic acid groups (broad SMARTS) is 1. The van der Waals surface area contributed by atoms with Crippen LogP contribution in [0.1, 0.15) is 18.4 Å². The number of aliphatic carboxylic acids is 1. The predicted octanol–water partition coefficient (Wildman–Crippen LogP) is 4.16. The molecule has 2 N–H and O–H groups in total. The molecule has 0 amide bonds. The molecule has 0 aliphatic heterocycles. The summed E-state index contributed by atoms with van der Waals surface area (Å²) in [5, 5.41) is 10.2. The Hall–Kier alpha value is -2.62. The van der Waals surface area contributed by atoms with Crippen molar-refractivity contribution in [1.82, 2.24) is 4.98 Å². The van der Waals surface area contributed by atoms with Crippen LogP contribution in [0.4, 0.5) is 4.39 Å². The predicted molar refractivity (Wildman–Crippen MR) is 79.7 cm³/mol. The number of nitrogens with one attached hydrogen (secondary N) is 1. The molecule has 0 fully saturated rings. The van der Waals surface area contributed by atoms with Crippen LogP contribution in [0.2, 0.25) is 0 Å². The highest BCUT2D eigenvalue weighted by atomic mass is 19.1. The Labute approximate surface area is 121 Å². The van der Waals surface area contributed by atoms with E-state index in [2.05, 4.69) is 4.98 Å². The Morgan fingerprint density at radius 2 is 1.81 bits per heavy atom. The zero-order valence-corrected chi connectivity index (χ0v) is 11.4. The number of carbonyl (C=O) groups is 1. The molecule has 4 heteroatoms. The normalized spacial score (nSPS) is 12.5. The quantitative estimate of drug-likeness (QED) is 0.758. The third kappa shape index (κ3) is 2.29. The SMILES string of the molecule is CC(C(=O)O)c1c(-c2ccc(F)cc2)[nH]c2ccccc12. The van der Waals surface area contributed by atoms with Gasteiger partial charge >= 0.3 is 5.97 Å². The van der Waals surface area contributed by atoms with Crippen LogP contribution < -0.4 is 0 Å². The van der Waals surface area contributed by atoms with Gasteiger partial charge in [0, 0.05) is 10.9 Å². The summed E-state index contributed by atoms with van der Waals surface area (Å²) in [6.45, 7) is 1.66. The first-order chi connectivity index (χ1) is 10.1. The van der Waals surface area contributed by atoms with Crippen molar-refractivity contribution in [2.45, 2.75) is 12.8 Å². The first-order valence-corrected chi connectivity index (χ1v) is 6.67. The Bertz CT molecular complexity index is 805. The fourth-order valence-corrected chi connectivity index (χ4v) is 2.58. The minimum absolute atomic E-state index is 0.317. The Balaban J connectivity index is 2.28. The van der Waals surface area contributed by atoms with Gasteiger partial charge in [0.15, 0.2) is 0 Å². The van der Waals surface area contributed by atoms with Crippen LogP contribution in [-0.2, 0) is 4.79 Å². The second kappa shape index (κ2) is 5.05. The third-order valence-corrected chi connectivity index (χ3v) is 3.68. The van der Waals surface area contributed by atoms with Gasteiger partial charge in [-0.15, -0.1) is 0 Å². The molecule has 0 spiro atoms. The highest BCUT2D eigenvalue weighted by Gasteiger charge is 2.23. The largest absolute Gasteiger partial charge is 0.481 e. The van der Waals surface area contributed by atoms with Crippen LogP contribution in [0.3, 0.4) is 0 Å². The van der Waals surface area contributed by atoms with Gasteiger partial charge in [-0.25, -0.2) is 4.39 Å². The first-order valence-electron chi connectivity index (χ1n) is 6.67. The molecule has 106 valence electrons. The molecule has 0 saturated heterocycles. The summed E-state index contributed by atoms with van der Waals surface area (Å²) in [4.78, 5) is 14.7. The number of para-hydroxylation sites is 1. The molecule has 1 aromatic heterocycles. The van der Waals surface area contributed by atoms with Crippen LogP contribution in [0.15, 0.2) is 48.5 Å². The minimum Gasteiger partial charge on any atom is -0.481 e. The highest BCUT2D eigenvalue weighted by molar-refractivity contribution is 5.95. The van der Waals surface area contributed by atoms with Crippen molar-refractivity contribution in [3.63, 3.8) is 0 Å². The van der Waals surface area contributed by atoms with E-state index in [0.717, 1.165) is 27.7 Å². The van der Waals surface area contributed by atoms with Gasteiger partial charge in [0.2, 0.25) is 0 Å². The van der Waals surface area contributed by atoms with E-state index < -0.39 is 11.9 Å². The van der Waals surface area contributed by atoms with Gasteiger partial charge in [-0.2, -0.15) is 0 Å². The standard InChI is InChI=1S/C17H14FNO2/c1-10(17(20)21)15-13-4-2-3-5-14(13)19-16(15)11-6-8-12(18)9-7-11/h2-10,19H,1H3,(H,20,21). The van der Waals surface area contributed by atoms with Crippen molar-refractivity contribution in [2.75, 3.05) is 0 Å². The van der Waals surface area contributed by atoms with Crippen LogP contribution in [0, 0.1) is 5.82 Å². The smallest absolute Gasteiger partial charge is 0.310 e. The molecular weight excluding hydrogens is 269 g/mol. The van der Waals surface area contributed by atoms with Crippen LogP contribution in [0.5, 0.6) is 0 Å². The van der Waals surface area contributed by atoms with Gasteiger partial charge in [-0.1, -0.05) is 18.2 Å². The fraction of sp³-hybridized carbons (Fsp3) is 0.118. The second-order valence-electron chi connectivity index (χ2n) is 5.03. The monoisotopic (exact) mass is 283 g/mol. The van der Waals surface area contributed by atoms with Crippen molar-refractivity contribution in [1.29, 1.82) is 0 Å². The molecule has 1 heterocycles. The number of benzene rings is 2. The number of hydrogen-bond acceptors (Lipinski definition) is 1. The summed E-state index contributed by atoms with van der Waals surface area (Å²) in [5.74, 6) is -1.85. The number of fused-ring (bicyclic) bond motifs is 1. The van der Waals surface area contributed by atoms with E-state index in [-0.39, 0.29) is 5.82 Å². The average Bonchev–Trinajstić information content (AvgIpc) is 2.86. The van der Waals surface area contributed by atoms with E-state index in [1.165, 1.54) is 12.1 Å². The maximum atomic E-state index is 13.1. The molecule has 3 rings (SSSR count). The fourth-order valence-electron chi connectivity index (χ4n) is 2.58. The van der Waals surface area contributed by atoms with Crippen LogP contribution >= 0.6 is 0 Å². The van der Waals surface area contributed by atoms with Crippen molar-refractivity contribution in [3.05, 3.63) is 59.9 Å². The van der Waals surface area contributed by atoms with Gasteiger partial charge in [0.1, 0.15) is 5.82 Å². The third-order valence-electron chi connectivity index (χ3n) is 3.68. The van der Waals surface area contributed by atoms with E-state index in [0.29, 0.717) is 0 Å². The molecule has 3 nitrogen and oxygen atoms in total. The van der Waals surface area contributed by atoms with Crippen molar-refractivity contribution >= 4 is 16.9 Å². The Kier molecular flexibility index (Phi) is 3.22. The molecule has 0 aliphatic rings. The number of hydrogen-bond donors (Lipinski definition) is 2. The van der Waals surface area contributed by atoms with Gasteiger partial charge in [0.25, 0.3) is 0 Å². The summed E-state index contributed by atoms with van der Waals surface area (Å²) in [7, 11) is 0. The lowest BCUT2D eigenvalue weighted by atomic mass is 9.95. The summed E-state index contributed by atoms with van der Waals surface area (Å²) in [6.07, 6.45) is 0. The van der Waals surface area contributed by atoms with Gasteiger partial charge in [0.05, 0.1) is 11.6 Å². The molecule has 0 aliphatic carbocycles. The Morgan fingerprint density at radius 1 is 1.14 bits per heavy atom. The number of carboxylic acids is 1. The molecule has 1 unspecified atom stereocenters. The van der Waals surface area contributed by atoms with Crippen molar-refractivity contribution < 1.29 is 14.3 Å². The Morgan fingerprint density at radius 3 is 2.48 bits per heavy atom. The lowest BCUT2D eigenvalue weighted by molar-refractivity contribution is -0.138. The zero-order valence-electron chi connectivity index (χ0n) is 11.4. The number of H-pyrrole nitrogens is 1. The van der Waals surface area contributed by atoms with Crippen molar-refractivity contribution in [2.24, 2.45) is 0 Å². The lowest BCUT2D eigenvalue weighted by Gasteiger charge is -2.09. The molecule has 0 radical (unpaired) electrons. The van der Waals surface area contributed by atoms with E-state index in [9.17, 15) is 14.3 Å². The van der Waals surface area contributed by atoms with Gasteiger partial charge < -0.3 is 10.1 Å². The first kappa shape index (κ1) is 13.4. The average molecular weight is 283 g/mol. The molecule has 21 heavy (non-hydrogen) atoms. The van der Waals surface area contributed by atoms with Crippen LogP contribution in [-0.4, -0.2) is 16.1 Å². The number of aromatic amines is 1. The molecular formula is C17H14FNO2. The maximum Gasteiger partial charge on any atom is 0.310 e. The summed E-state index contributed by atoms with van der Waals surface area (Å²) < 4.78 is 13.1. The topological polar surface area (TPSA) is 53.1 Å².